The maximum absolute atomic E-state index is 13.4. The molecule has 0 aliphatic rings. The molecule has 1 unspecified atom stereocenters. The molecule has 0 heterocycles. The average molecular weight is 295 g/mol. The topological polar surface area (TPSA) is 43.7 Å². The summed E-state index contributed by atoms with van der Waals surface area (Å²) in [6.45, 7) is -0.763. The molecule has 2 N–H and O–H groups in total. The van der Waals surface area contributed by atoms with Gasteiger partial charge in [0.15, 0.2) is 11.6 Å². The Morgan fingerprint density at radius 2 is 1.85 bits per heavy atom. The number of halogens is 4. The summed E-state index contributed by atoms with van der Waals surface area (Å²) < 4.78 is 51.0. The van der Waals surface area contributed by atoms with Crippen molar-refractivity contribution >= 4 is 0 Å². The zero-order chi connectivity index (χ0) is 15.1. The van der Waals surface area contributed by atoms with Crippen LogP contribution in [0.3, 0.4) is 0 Å². The number of hydrogen-bond donors (Lipinski definition) is 2. The monoisotopic (exact) mass is 295 g/mol. The van der Waals surface area contributed by atoms with Gasteiger partial charge < -0.3 is 10.2 Å². The van der Waals surface area contributed by atoms with E-state index in [1.807, 2.05) is 0 Å². The lowest BCUT2D eigenvalue weighted by Crippen LogP contribution is -2.33. The van der Waals surface area contributed by atoms with Crippen molar-refractivity contribution in [3.63, 3.8) is 0 Å². The van der Waals surface area contributed by atoms with Gasteiger partial charge in [-0.2, -0.15) is 0 Å². The Hall–Kier alpha value is -1.18. The molecular weight excluding hydrogens is 278 g/mol. The summed E-state index contributed by atoms with van der Waals surface area (Å²) in [5.41, 5.74) is -0.203. The zero-order valence-corrected chi connectivity index (χ0v) is 10.8. The maximum atomic E-state index is 13.4. The van der Waals surface area contributed by atoms with E-state index in [2.05, 4.69) is 0 Å². The van der Waals surface area contributed by atoms with E-state index < -0.39 is 30.7 Å². The highest BCUT2D eigenvalue weighted by atomic mass is 19.3. The van der Waals surface area contributed by atoms with Gasteiger partial charge in [-0.1, -0.05) is 12.1 Å². The Morgan fingerprint density at radius 3 is 2.45 bits per heavy atom. The minimum atomic E-state index is -2.57. The lowest BCUT2D eigenvalue weighted by atomic mass is 10.1. The Morgan fingerprint density at radius 1 is 1.15 bits per heavy atom. The number of rotatable bonds is 8. The van der Waals surface area contributed by atoms with Gasteiger partial charge in [-0.05, 0) is 12.5 Å². The Bertz CT molecular complexity index is 417. The molecule has 7 heteroatoms. The van der Waals surface area contributed by atoms with Crippen LogP contribution in [0.5, 0.6) is 0 Å². The molecule has 114 valence electrons. The first-order valence-electron chi connectivity index (χ1n) is 6.19. The lowest BCUT2D eigenvalue weighted by Gasteiger charge is -2.22. The molecule has 0 aliphatic heterocycles. The summed E-state index contributed by atoms with van der Waals surface area (Å²) in [6, 6.07) is 3.44. The van der Waals surface area contributed by atoms with Crippen molar-refractivity contribution in [2.24, 2.45) is 0 Å². The van der Waals surface area contributed by atoms with Crippen LogP contribution in [-0.2, 0) is 0 Å². The van der Waals surface area contributed by atoms with Gasteiger partial charge in [-0.15, -0.1) is 0 Å². The van der Waals surface area contributed by atoms with E-state index in [-0.39, 0.29) is 31.7 Å². The van der Waals surface area contributed by atoms with Crippen LogP contribution >= 0.6 is 0 Å². The first-order chi connectivity index (χ1) is 9.45. The van der Waals surface area contributed by atoms with Gasteiger partial charge >= 0.3 is 0 Å². The van der Waals surface area contributed by atoms with Crippen molar-refractivity contribution in [3.8, 4) is 0 Å². The molecule has 3 nitrogen and oxygen atoms in total. The van der Waals surface area contributed by atoms with E-state index in [1.54, 1.807) is 0 Å². The molecule has 0 radical (unpaired) electrons. The molecule has 0 saturated carbocycles. The van der Waals surface area contributed by atoms with Gasteiger partial charge in [0.05, 0.1) is 19.3 Å². The molecular formula is C13H17F4NO2. The fraction of sp³-hybridized carbons (Fsp3) is 0.538. The number of benzene rings is 1. The van der Waals surface area contributed by atoms with Crippen molar-refractivity contribution in [1.29, 1.82) is 0 Å². The molecule has 1 aromatic carbocycles. The predicted molar refractivity (Wildman–Crippen MR) is 65.5 cm³/mol. The Labute approximate surface area is 114 Å². The van der Waals surface area contributed by atoms with Crippen LogP contribution in [0.4, 0.5) is 17.6 Å². The average Bonchev–Trinajstić information content (AvgIpc) is 2.38. The minimum Gasteiger partial charge on any atom is -0.395 e. The number of nitrogens with zero attached hydrogens (tertiary/aromatic N) is 1. The van der Waals surface area contributed by atoms with E-state index in [0.29, 0.717) is 0 Å². The number of aliphatic hydroxyl groups is 2. The Balaban J connectivity index is 2.60. The molecule has 0 aromatic heterocycles. The summed E-state index contributed by atoms with van der Waals surface area (Å²) in [7, 11) is 0. The van der Waals surface area contributed by atoms with Gasteiger partial charge in [0.25, 0.3) is 6.43 Å². The van der Waals surface area contributed by atoms with E-state index in [0.717, 1.165) is 6.07 Å². The fourth-order valence-corrected chi connectivity index (χ4v) is 1.87. The third-order valence-corrected chi connectivity index (χ3v) is 2.87. The third kappa shape index (κ3) is 5.07. The molecule has 0 aliphatic carbocycles. The van der Waals surface area contributed by atoms with Crippen molar-refractivity contribution in [3.05, 3.63) is 35.4 Å². The van der Waals surface area contributed by atoms with Crippen molar-refractivity contribution in [2.45, 2.75) is 19.0 Å². The second-order valence-corrected chi connectivity index (χ2v) is 4.36. The van der Waals surface area contributed by atoms with Crippen LogP contribution < -0.4 is 0 Å². The van der Waals surface area contributed by atoms with Gasteiger partial charge in [-0.3, -0.25) is 4.90 Å². The number of alkyl halides is 2. The number of hydrogen-bond acceptors (Lipinski definition) is 3. The predicted octanol–water partition coefficient (Wildman–Crippen LogP) is 1.95. The maximum Gasteiger partial charge on any atom is 0.251 e. The second kappa shape index (κ2) is 8.18. The van der Waals surface area contributed by atoms with Crippen molar-refractivity contribution in [2.75, 3.05) is 26.2 Å². The molecule has 1 rings (SSSR count). The standard InChI is InChI=1S/C13H17F4NO2/c14-10-3-1-2-9(13(10)17)11(20)4-5-18(6-7-19)8-12(15)16/h1-3,11-12,19-20H,4-8H2. The van der Waals surface area contributed by atoms with Crippen LogP contribution in [0, 0.1) is 11.6 Å². The summed E-state index contributed by atoms with van der Waals surface area (Å²) in [4.78, 5) is 1.26. The highest BCUT2D eigenvalue weighted by molar-refractivity contribution is 5.21. The third-order valence-electron chi connectivity index (χ3n) is 2.87. The second-order valence-electron chi connectivity index (χ2n) is 4.36. The van der Waals surface area contributed by atoms with Crippen LogP contribution in [0.1, 0.15) is 18.1 Å². The van der Waals surface area contributed by atoms with Crippen LogP contribution in [0.2, 0.25) is 0 Å². The van der Waals surface area contributed by atoms with Gasteiger partial charge in [0.2, 0.25) is 0 Å². The Kier molecular flexibility index (Phi) is 6.90. The molecule has 1 atom stereocenters. The molecule has 0 fully saturated rings. The lowest BCUT2D eigenvalue weighted by molar-refractivity contribution is 0.0654. The molecule has 1 aromatic rings. The van der Waals surface area contributed by atoms with Gasteiger partial charge in [0, 0.05) is 18.7 Å². The molecule has 20 heavy (non-hydrogen) atoms. The zero-order valence-electron chi connectivity index (χ0n) is 10.8. The van der Waals surface area contributed by atoms with E-state index >= 15 is 0 Å². The van der Waals surface area contributed by atoms with Crippen LogP contribution in [0.15, 0.2) is 18.2 Å². The van der Waals surface area contributed by atoms with E-state index in [1.165, 1.54) is 17.0 Å². The van der Waals surface area contributed by atoms with E-state index in [9.17, 15) is 22.7 Å². The van der Waals surface area contributed by atoms with Crippen molar-refractivity contribution < 1.29 is 27.8 Å². The first-order valence-corrected chi connectivity index (χ1v) is 6.19. The molecule has 0 amide bonds. The summed E-state index contributed by atoms with van der Waals surface area (Å²) >= 11 is 0. The quantitative estimate of drug-likeness (QED) is 0.720. The summed E-state index contributed by atoms with van der Waals surface area (Å²) in [5.74, 6) is -2.20. The summed E-state index contributed by atoms with van der Waals surface area (Å²) in [5, 5.41) is 18.5. The highest BCUT2D eigenvalue weighted by Gasteiger charge is 2.18. The van der Waals surface area contributed by atoms with E-state index in [4.69, 9.17) is 5.11 Å². The fourth-order valence-electron chi connectivity index (χ4n) is 1.87. The highest BCUT2D eigenvalue weighted by Crippen LogP contribution is 2.22. The first kappa shape index (κ1) is 16.9. The molecule has 0 spiro atoms. The van der Waals surface area contributed by atoms with Crippen LogP contribution in [0.25, 0.3) is 0 Å². The number of aliphatic hydroxyl groups excluding tert-OH is 2. The minimum absolute atomic E-state index is 0.0304. The van der Waals surface area contributed by atoms with Gasteiger partial charge in [-0.25, -0.2) is 17.6 Å². The smallest absolute Gasteiger partial charge is 0.251 e. The van der Waals surface area contributed by atoms with Crippen LogP contribution in [-0.4, -0.2) is 47.8 Å². The largest absolute Gasteiger partial charge is 0.395 e. The SMILES string of the molecule is OCCN(CCC(O)c1cccc(F)c1F)CC(F)F. The normalized spacial score (nSPS) is 13.2. The van der Waals surface area contributed by atoms with Crippen molar-refractivity contribution in [1.82, 2.24) is 4.90 Å². The summed E-state index contributed by atoms with van der Waals surface area (Å²) in [6.07, 6.45) is -3.89. The molecule has 0 saturated heterocycles. The van der Waals surface area contributed by atoms with Gasteiger partial charge in [0.1, 0.15) is 0 Å². The molecule has 0 bridgehead atoms.